The molecule has 0 aliphatic rings. The van der Waals surface area contributed by atoms with Crippen LogP contribution in [0.5, 0.6) is 0 Å². The standard InChI is InChI=1S/C12H16F3NO/c1-2-7-16-8-11(17)9-5-3-4-6-10(9)12(13,14)15/h3-6,11,16-17H,2,7-8H2,1H3. The Labute approximate surface area is 98.5 Å². The Morgan fingerprint density at radius 1 is 1.29 bits per heavy atom. The predicted molar refractivity (Wildman–Crippen MR) is 59.6 cm³/mol. The third kappa shape index (κ3) is 4.02. The molecule has 5 heteroatoms. The molecule has 0 saturated heterocycles. The number of benzene rings is 1. The Bertz CT molecular complexity index is 352. The number of alkyl halides is 3. The molecule has 1 aromatic carbocycles. The van der Waals surface area contributed by atoms with Crippen molar-refractivity contribution in [1.29, 1.82) is 0 Å². The van der Waals surface area contributed by atoms with E-state index in [1.165, 1.54) is 18.2 Å². The average molecular weight is 247 g/mol. The van der Waals surface area contributed by atoms with E-state index in [0.717, 1.165) is 12.5 Å². The van der Waals surface area contributed by atoms with Crippen molar-refractivity contribution in [2.24, 2.45) is 0 Å². The van der Waals surface area contributed by atoms with E-state index in [4.69, 9.17) is 0 Å². The van der Waals surface area contributed by atoms with Crippen LogP contribution in [-0.4, -0.2) is 18.2 Å². The largest absolute Gasteiger partial charge is 0.416 e. The summed E-state index contributed by atoms with van der Waals surface area (Å²) in [7, 11) is 0. The minimum Gasteiger partial charge on any atom is -0.387 e. The number of halogens is 3. The van der Waals surface area contributed by atoms with Gasteiger partial charge in [-0.3, -0.25) is 0 Å². The van der Waals surface area contributed by atoms with E-state index in [-0.39, 0.29) is 12.1 Å². The first-order valence-electron chi connectivity index (χ1n) is 5.51. The molecule has 0 aromatic heterocycles. The van der Waals surface area contributed by atoms with Gasteiger partial charge in [-0.1, -0.05) is 25.1 Å². The van der Waals surface area contributed by atoms with Crippen molar-refractivity contribution in [3.05, 3.63) is 35.4 Å². The van der Waals surface area contributed by atoms with Gasteiger partial charge in [0.15, 0.2) is 0 Å². The minimum atomic E-state index is -4.43. The molecule has 1 aromatic rings. The number of nitrogens with one attached hydrogen (secondary N) is 1. The number of aliphatic hydroxyl groups excluding tert-OH is 1. The lowest BCUT2D eigenvalue weighted by Gasteiger charge is -2.17. The summed E-state index contributed by atoms with van der Waals surface area (Å²) in [5, 5.41) is 12.6. The van der Waals surface area contributed by atoms with E-state index < -0.39 is 17.8 Å². The molecule has 2 nitrogen and oxygen atoms in total. The van der Waals surface area contributed by atoms with Crippen LogP contribution in [0.3, 0.4) is 0 Å². The van der Waals surface area contributed by atoms with Crippen molar-refractivity contribution in [3.63, 3.8) is 0 Å². The lowest BCUT2D eigenvalue weighted by atomic mass is 10.0. The van der Waals surface area contributed by atoms with Gasteiger partial charge >= 0.3 is 6.18 Å². The third-order valence-electron chi connectivity index (χ3n) is 2.39. The summed E-state index contributed by atoms with van der Waals surface area (Å²) in [6, 6.07) is 5.10. The Hall–Kier alpha value is -1.07. The van der Waals surface area contributed by atoms with Crippen molar-refractivity contribution < 1.29 is 18.3 Å². The van der Waals surface area contributed by atoms with Gasteiger partial charge in [0.1, 0.15) is 0 Å². The maximum absolute atomic E-state index is 12.7. The number of rotatable bonds is 5. The molecule has 0 fully saturated rings. The highest BCUT2D eigenvalue weighted by Crippen LogP contribution is 2.34. The molecule has 96 valence electrons. The molecule has 0 aliphatic carbocycles. The summed E-state index contributed by atoms with van der Waals surface area (Å²) in [5.41, 5.74) is -0.852. The van der Waals surface area contributed by atoms with Gasteiger partial charge in [-0.05, 0) is 24.6 Å². The van der Waals surface area contributed by atoms with Crippen LogP contribution in [0.1, 0.15) is 30.6 Å². The molecule has 1 rings (SSSR count). The maximum Gasteiger partial charge on any atom is 0.416 e. The quantitative estimate of drug-likeness (QED) is 0.784. The van der Waals surface area contributed by atoms with Crippen LogP contribution in [0.25, 0.3) is 0 Å². The van der Waals surface area contributed by atoms with E-state index in [1.54, 1.807) is 0 Å². The topological polar surface area (TPSA) is 32.3 Å². The van der Waals surface area contributed by atoms with Crippen LogP contribution in [0.4, 0.5) is 13.2 Å². The molecule has 0 heterocycles. The van der Waals surface area contributed by atoms with Crippen molar-refractivity contribution in [1.82, 2.24) is 5.32 Å². The molecule has 0 aliphatic heterocycles. The van der Waals surface area contributed by atoms with Crippen molar-refractivity contribution in [2.75, 3.05) is 13.1 Å². The first-order valence-corrected chi connectivity index (χ1v) is 5.51. The highest BCUT2D eigenvalue weighted by molar-refractivity contribution is 5.31. The molecule has 0 amide bonds. The minimum absolute atomic E-state index is 0.0800. The molecule has 0 bridgehead atoms. The van der Waals surface area contributed by atoms with Gasteiger partial charge in [-0.2, -0.15) is 13.2 Å². The fraction of sp³-hybridized carbons (Fsp3) is 0.500. The fourth-order valence-corrected chi connectivity index (χ4v) is 1.57. The molecule has 0 radical (unpaired) electrons. The van der Waals surface area contributed by atoms with Crippen LogP contribution in [-0.2, 0) is 6.18 Å². The Balaban J connectivity index is 2.82. The molecule has 0 saturated carbocycles. The number of hydrogen-bond acceptors (Lipinski definition) is 2. The van der Waals surface area contributed by atoms with Crippen LogP contribution in [0.15, 0.2) is 24.3 Å². The molecule has 0 spiro atoms. The van der Waals surface area contributed by atoms with Crippen LogP contribution in [0.2, 0.25) is 0 Å². The van der Waals surface area contributed by atoms with Gasteiger partial charge in [0.2, 0.25) is 0 Å². The number of hydrogen-bond donors (Lipinski definition) is 2. The van der Waals surface area contributed by atoms with Gasteiger partial charge in [0.25, 0.3) is 0 Å². The van der Waals surface area contributed by atoms with Crippen molar-refractivity contribution in [3.8, 4) is 0 Å². The average Bonchev–Trinajstić information content (AvgIpc) is 2.28. The van der Waals surface area contributed by atoms with E-state index in [1.807, 2.05) is 6.92 Å². The lowest BCUT2D eigenvalue weighted by Crippen LogP contribution is -2.24. The predicted octanol–water partition coefficient (Wildman–Crippen LogP) is 2.74. The maximum atomic E-state index is 12.7. The zero-order valence-electron chi connectivity index (χ0n) is 9.59. The lowest BCUT2D eigenvalue weighted by molar-refractivity contribution is -0.139. The second-order valence-electron chi connectivity index (χ2n) is 3.80. The van der Waals surface area contributed by atoms with E-state index in [9.17, 15) is 18.3 Å². The van der Waals surface area contributed by atoms with Gasteiger partial charge in [-0.15, -0.1) is 0 Å². The third-order valence-corrected chi connectivity index (χ3v) is 2.39. The smallest absolute Gasteiger partial charge is 0.387 e. The second kappa shape index (κ2) is 6.02. The van der Waals surface area contributed by atoms with E-state index in [0.29, 0.717) is 6.54 Å². The summed E-state index contributed by atoms with van der Waals surface area (Å²) in [4.78, 5) is 0. The molecular weight excluding hydrogens is 231 g/mol. The van der Waals surface area contributed by atoms with Crippen molar-refractivity contribution in [2.45, 2.75) is 25.6 Å². The van der Waals surface area contributed by atoms with E-state index >= 15 is 0 Å². The SMILES string of the molecule is CCCNCC(O)c1ccccc1C(F)(F)F. The van der Waals surface area contributed by atoms with Gasteiger partial charge < -0.3 is 10.4 Å². The highest BCUT2D eigenvalue weighted by atomic mass is 19.4. The van der Waals surface area contributed by atoms with Crippen LogP contribution in [0, 0.1) is 0 Å². The summed E-state index contributed by atoms with van der Waals surface area (Å²) in [5.74, 6) is 0. The monoisotopic (exact) mass is 247 g/mol. The van der Waals surface area contributed by atoms with Gasteiger partial charge in [0.05, 0.1) is 11.7 Å². The highest BCUT2D eigenvalue weighted by Gasteiger charge is 2.34. The van der Waals surface area contributed by atoms with E-state index in [2.05, 4.69) is 5.32 Å². The molecule has 1 atom stereocenters. The Morgan fingerprint density at radius 3 is 2.53 bits per heavy atom. The Kier molecular flexibility index (Phi) is 4.96. The van der Waals surface area contributed by atoms with Crippen LogP contribution < -0.4 is 5.32 Å². The first-order chi connectivity index (χ1) is 7.96. The molecule has 2 N–H and O–H groups in total. The number of aliphatic hydroxyl groups is 1. The molecular formula is C12H16F3NO. The Morgan fingerprint density at radius 2 is 1.94 bits per heavy atom. The summed E-state index contributed by atoms with van der Waals surface area (Å²) < 4.78 is 38.0. The summed E-state index contributed by atoms with van der Waals surface area (Å²) in [6.45, 7) is 2.75. The first kappa shape index (κ1) is 14.0. The van der Waals surface area contributed by atoms with Gasteiger partial charge in [-0.25, -0.2) is 0 Å². The zero-order valence-corrected chi connectivity index (χ0v) is 9.59. The molecule has 1 unspecified atom stereocenters. The zero-order chi connectivity index (χ0) is 12.9. The summed E-state index contributed by atoms with van der Waals surface area (Å²) in [6.07, 6.45) is -4.70. The van der Waals surface area contributed by atoms with Gasteiger partial charge in [0, 0.05) is 6.54 Å². The summed E-state index contributed by atoms with van der Waals surface area (Å²) >= 11 is 0. The second-order valence-corrected chi connectivity index (χ2v) is 3.80. The fourth-order valence-electron chi connectivity index (χ4n) is 1.57. The van der Waals surface area contributed by atoms with Crippen molar-refractivity contribution >= 4 is 0 Å². The van der Waals surface area contributed by atoms with Crippen LogP contribution >= 0.6 is 0 Å². The normalized spacial score (nSPS) is 13.7. The molecule has 17 heavy (non-hydrogen) atoms.